The molecular formula is C14H18N2S. The molecule has 2 nitrogen and oxygen atoms in total. The van der Waals surface area contributed by atoms with Gasteiger partial charge in [0.1, 0.15) is 0 Å². The molecule has 1 aromatic heterocycles. The fourth-order valence-electron chi connectivity index (χ4n) is 1.89. The number of anilines is 1. The van der Waals surface area contributed by atoms with Gasteiger partial charge in [-0.3, -0.25) is 0 Å². The summed E-state index contributed by atoms with van der Waals surface area (Å²) in [4.78, 5) is 5.64. The Bertz CT molecular complexity index is 503. The zero-order valence-corrected chi connectivity index (χ0v) is 11.4. The van der Waals surface area contributed by atoms with E-state index in [1.165, 1.54) is 21.7 Å². The van der Waals surface area contributed by atoms with E-state index in [-0.39, 0.29) is 0 Å². The third-order valence-electron chi connectivity index (χ3n) is 2.89. The van der Waals surface area contributed by atoms with Crippen LogP contribution < -0.4 is 5.32 Å². The van der Waals surface area contributed by atoms with E-state index in [0.29, 0.717) is 0 Å². The number of rotatable bonds is 4. The summed E-state index contributed by atoms with van der Waals surface area (Å²) >= 11 is 1.74. The van der Waals surface area contributed by atoms with E-state index < -0.39 is 0 Å². The van der Waals surface area contributed by atoms with Crippen LogP contribution >= 0.6 is 11.3 Å². The predicted molar refractivity (Wildman–Crippen MR) is 75.0 cm³/mol. The van der Waals surface area contributed by atoms with E-state index in [9.17, 15) is 0 Å². The maximum Gasteiger partial charge on any atom is 0.0797 e. The quantitative estimate of drug-likeness (QED) is 0.889. The van der Waals surface area contributed by atoms with Gasteiger partial charge in [-0.15, -0.1) is 11.3 Å². The maximum atomic E-state index is 4.26. The molecule has 17 heavy (non-hydrogen) atoms. The van der Waals surface area contributed by atoms with Gasteiger partial charge in [0.25, 0.3) is 0 Å². The lowest BCUT2D eigenvalue weighted by atomic mass is 10.1. The number of aromatic nitrogens is 1. The SMILES string of the molecule is Cc1ccc(NCCc2scnc2C)c(C)c1. The summed E-state index contributed by atoms with van der Waals surface area (Å²) < 4.78 is 0. The van der Waals surface area contributed by atoms with Crippen molar-refractivity contribution in [2.24, 2.45) is 0 Å². The average molecular weight is 246 g/mol. The molecule has 90 valence electrons. The third kappa shape index (κ3) is 3.07. The van der Waals surface area contributed by atoms with E-state index in [2.05, 4.69) is 49.3 Å². The molecular weight excluding hydrogens is 228 g/mol. The van der Waals surface area contributed by atoms with Crippen molar-refractivity contribution in [3.05, 3.63) is 45.4 Å². The van der Waals surface area contributed by atoms with Crippen LogP contribution in [0.2, 0.25) is 0 Å². The molecule has 0 fully saturated rings. The van der Waals surface area contributed by atoms with Crippen molar-refractivity contribution in [2.75, 3.05) is 11.9 Å². The molecule has 2 rings (SSSR count). The first-order chi connectivity index (χ1) is 8.16. The Balaban J connectivity index is 1.92. The Labute approximate surface area is 107 Å². The van der Waals surface area contributed by atoms with Crippen molar-refractivity contribution >= 4 is 17.0 Å². The van der Waals surface area contributed by atoms with E-state index in [1.54, 1.807) is 11.3 Å². The zero-order chi connectivity index (χ0) is 12.3. The van der Waals surface area contributed by atoms with Crippen LogP contribution in [0.5, 0.6) is 0 Å². The molecule has 0 bridgehead atoms. The number of nitrogens with one attached hydrogen (secondary N) is 1. The number of benzene rings is 1. The van der Waals surface area contributed by atoms with Crippen LogP contribution in [0.1, 0.15) is 21.7 Å². The summed E-state index contributed by atoms with van der Waals surface area (Å²) in [6, 6.07) is 6.51. The normalized spacial score (nSPS) is 10.5. The first kappa shape index (κ1) is 12.1. The van der Waals surface area contributed by atoms with Crippen molar-refractivity contribution in [1.29, 1.82) is 0 Å². The van der Waals surface area contributed by atoms with Crippen molar-refractivity contribution in [3.8, 4) is 0 Å². The molecule has 1 aromatic carbocycles. The van der Waals surface area contributed by atoms with Crippen LogP contribution in [0.3, 0.4) is 0 Å². The molecule has 0 aliphatic carbocycles. The lowest BCUT2D eigenvalue weighted by Crippen LogP contribution is -2.06. The van der Waals surface area contributed by atoms with Crippen LogP contribution in [0, 0.1) is 20.8 Å². The number of nitrogens with zero attached hydrogens (tertiary/aromatic N) is 1. The average Bonchev–Trinajstić information content (AvgIpc) is 2.68. The molecule has 0 saturated carbocycles. The van der Waals surface area contributed by atoms with Crippen LogP contribution in [-0.2, 0) is 6.42 Å². The minimum atomic E-state index is 0.965. The largest absolute Gasteiger partial charge is 0.384 e. The molecule has 0 saturated heterocycles. The summed E-state index contributed by atoms with van der Waals surface area (Å²) in [7, 11) is 0. The number of aryl methyl sites for hydroxylation is 3. The smallest absolute Gasteiger partial charge is 0.0797 e. The lowest BCUT2D eigenvalue weighted by Gasteiger charge is -2.09. The Kier molecular flexibility index (Phi) is 3.79. The number of hydrogen-bond donors (Lipinski definition) is 1. The minimum absolute atomic E-state index is 0.965. The molecule has 2 aromatic rings. The first-order valence-corrected chi connectivity index (χ1v) is 6.75. The zero-order valence-electron chi connectivity index (χ0n) is 10.6. The highest BCUT2D eigenvalue weighted by atomic mass is 32.1. The highest BCUT2D eigenvalue weighted by molar-refractivity contribution is 7.09. The van der Waals surface area contributed by atoms with Gasteiger partial charge in [0.2, 0.25) is 0 Å². The molecule has 3 heteroatoms. The van der Waals surface area contributed by atoms with Gasteiger partial charge in [-0.25, -0.2) is 4.98 Å². The summed E-state index contributed by atoms with van der Waals surface area (Å²) in [5.74, 6) is 0. The molecule has 0 radical (unpaired) electrons. The molecule has 0 amide bonds. The monoisotopic (exact) mass is 246 g/mol. The summed E-state index contributed by atoms with van der Waals surface area (Å²) in [6.45, 7) is 7.31. The van der Waals surface area contributed by atoms with Crippen molar-refractivity contribution < 1.29 is 0 Å². The minimum Gasteiger partial charge on any atom is -0.384 e. The van der Waals surface area contributed by atoms with E-state index in [0.717, 1.165) is 18.7 Å². The number of thiazole rings is 1. The van der Waals surface area contributed by atoms with Gasteiger partial charge >= 0.3 is 0 Å². The standard InChI is InChI=1S/C14H18N2S/c1-10-4-5-13(11(2)8-10)15-7-6-14-12(3)16-9-17-14/h4-5,8-9,15H,6-7H2,1-3H3. The van der Waals surface area contributed by atoms with Crippen LogP contribution in [-0.4, -0.2) is 11.5 Å². The topological polar surface area (TPSA) is 24.9 Å². The highest BCUT2D eigenvalue weighted by Crippen LogP contribution is 2.17. The molecule has 1 N–H and O–H groups in total. The summed E-state index contributed by atoms with van der Waals surface area (Å²) in [5, 5.41) is 3.48. The van der Waals surface area contributed by atoms with E-state index in [1.807, 2.05) is 5.51 Å². The van der Waals surface area contributed by atoms with Gasteiger partial charge < -0.3 is 5.32 Å². The van der Waals surface area contributed by atoms with Gasteiger partial charge in [-0.1, -0.05) is 17.7 Å². The maximum absolute atomic E-state index is 4.26. The fraction of sp³-hybridized carbons (Fsp3) is 0.357. The van der Waals surface area contributed by atoms with Crippen molar-refractivity contribution in [1.82, 2.24) is 4.98 Å². The van der Waals surface area contributed by atoms with E-state index >= 15 is 0 Å². The second-order valence-corrected chi connectivity index (χ2v) is 5.30. The molecule has 0 atom stereocenters. The molecule has 0 unspecified atom stereocenters. The Morgan fingerprint density at radius 1 is 1.24 bits per heavy atom. The fourth-order valence-corrected chi connectivity index (χ4v) is 2.67. The van der Waals surface area contributed by atoms with Crippen LogP contribution in [0.4, 0.5) is 5.69 Å². The second-order valence-electron chi connectivity index (χ2n) is 4.36. The van der Waals surface area contributed by atoms with E-state index in [4.69, 9.17) is 0 Å². The lowest BCUT2D eigenvalue weighted by molar-refractivity contribution is 1.01. The molecule has 0 aliphatic heterocycles. The van der Waals surface area contributed by atoms with Crippen LogP contribution in [0.15, 0.2) is 23.7 Å². The predicted octanol–water partition coefficient (Wildman–Crippen LogP) is 3.72. The Morgan fingerprint density at radius 2 is 2.06 bits per heavy atom. The van der Waals surface area contributed by atoms with Crippen molar-refractivity contribution in [3.63, 3.8) is 0 Å². The van der Waals surface area contributed by atoms with Gasteiger partial charge in [0, 0.05) is 23.5 Å². The van der Waals surface area contributed by atoms with Gasteiger partial charge in [0.15, 0.2) is 0 Å². The van der Waals surface area contributed by atoms with Crippen LogP contribution in [0.25, 0.3) is 0 Å². The Morgan fingerprint density at radius 3 is 2.71 bits per heavy atom. The van der Waals surface area contributed by atoms with Gasteiger partial charge in [0.05, 0.1) is 11.2 Å². The van der Waals surface area contributed by atoms with Gasteiger partial charge in [-0.2, -0.15) is 0 Å². The Hall–Kier alpha value is -1.35. The number of hydrogen-bond acceptors (Lipinski definition) is 3. The third-order valence-corrected chi connectivity index (χ3v) is 3.89. The van der Waals surface area contributed by atoms with Gasteiger partial charge in [-0.05, 0) is 32.4 Å². The van der Waals surface area contributed by atoms with Crippen molar-refractivity contribution in [2.45, 2.75) is 27.2 Å². The highest BCUT2D eigenvalue weighted by Gasteiger charge is 2.02. The molecule has 0 spiro atoms. The second kappa shape index (κ2) is 5.32. The first-order valence-electron chi connectivity index (χ1n) is 5.87. The summed E-state index contributed by atoms with van der Waals surface area (Å²) in [6.07, 6.45) is 1.05. The summed E-state index contributed by atoms with van der Waals surface area (Å²) in [5.41, 5.74) is 6.94. The molecule has 0 aliphatic rings. The molecule has 1 heterocycles.